The first-order chi connectivity index (χ1) is 11.8. The summed E-state index contributed by atoms with van der Waals surface area (Å²) in [6.07, 6.45) is 7.31. The number of carbonyl (C=O) groups excluding carboxylic acids is 1. The van der Waals surface area contributed by atoms with Crippen molar-refractivity contribution in [2.45, 2.75) is 51.3 Å². The van der Waals surface area contributed by atoms with Crippen LogP contribution in [-0.2, 0) is 24.2 Å². The molecule has 4 heterocycles. The summed E-state index contributed by atoms with van der Waals surface area (Å²) in [5, 5.41) is 6.49. The SMILES string of the molecule is O=C(c1cnn2c1CCCC2)N(Cc1cccs1)CC1CCCO1. The summed E-state index contributed by atoms with van der Waals surface area (Å²) in [6.45, 7) is 3.07. The van der Waals surface area contributed by atoms with Crippen LogP contribution in [0.25, 0.3) is 0 Å². The first-order valence-electron chi connectivity index (χ1n) is 8.79. The highest BCUT2D eigenvalue weighted by Gasteiger charge is 2.27. The number of rotatable bonds is 5. The maximum atomic E-state index is 13.2. The van der Waals surface area contributed by atoms with Crippen LogP contribution in [0, 0.1) is 0 Å². The van der Waals surface area contributed by atoms with Gasteiger partial charge in [-0.25, -0.2) is 0 Å². The van der Waals surface area contributed by atoms with Crippen LogP contribution in [0.15, 0.2) is 23.7 Å². The van der Waals surface area contributed by atoms with E-state index in [0.29, 0.717) is 13.1 Å². The summed E-state index contributed by atoms with van der Waals surface area (Å²) in [5.74, 6) is 0.0991. The van der Waals surface area contributed by atoms with Crippen LogP contribution in [0.3, 0.4) is 0 Å². The molecule has 0 aliphatic carbocycles. The lowest BCUT2D eigenvalue weighted by Gasteiger charge is -2.25. The highest BCUT2D eigenvalue weighted by molar-refractivity contribution is 7.09. The maximum absolute atomic E-state index is 13.2. The van der Waals surface area contributed by atoms with Crippen LogP contribution >= 0.6 is 11.3 Å². The van der Waals surface area contributed by atoms with E-state index in [0.717, 1.165) is 56.5 Å². The van der Waals surface area contributed by atoms with Gasteiger partial charge in [0.25, 0.3) is 5.91 Å². The fourth-order valence-corrected chi connectivity index (χ4v) is 4.33. The molecule has 24 heavy (non-hydrogen) atoms. The molecule has 1 amide bonds. The quantitative estimate of drug-likeness (QED) is 0.836. The highest BCUT2D eigenvalue weighted by Crippen LogP contribution is 2.23. The first-order valence-corrected chi connectivity index (χ1v) is 9.67. The Morgan fingerprint density at radius 3 is 3.17 bits per heavy atom. The lowest BCUT2D eigenvalue weighted by Crippen LogP contribution is -2.37. The second-order valence-electron chi connectivity index (χ2n) is 6.59. The molecule has 128 valence electrons. The molecule has 0 saturated carbocycles. The lowest BCUT2D eigenvalue weighted by atomic mass is 10.1. The molecule has 0 N–H and O–H groups in total. The zero-order valence-electron chi connectivity index (χ0n) is 13.8. The average molecular weight is 345 g/mol. The van der Waals surface area contributed by atoms with Gasteiger partial charge in [0.15, 0.2) is 0 Å². The molecule has 1 atom stereocenters. The molecule has 1 unspecified atom stereocenters. The summed E-state index contributed by atoms with van der Waals surface area (Å²) < 4.78 is 7.78. The Labute approximate surface area is 146 Å². The normalized spacial score (nSPS) is 20.1. The molecule has 5 nitrogen and oxygen atoms in total. The summed E-state index contributed by atoms with van der Waals surface area (Å²) in [5.41, 5.74) is 1.89. The molecule has 2 aliphatic rings. The smallest absolute Gasteiger partial charge is 0.257 e. The van der Waals surface area contributed by atoms with Crippen LogP contribution in [0.4, 0.5) is 0 Å². The molecular formula is C18H23N3O2S. The molecule has 0 aromatic carbocycles. The monoisotopic (exact) mass is 345 g/mol. The van der Waals surface area contributed by atoms with Crippen molar-refractivity contribution in [3.8, 4) is 0 Å². The Kier molecular flexibility index (Phi) is 4.67. The predicted molar refractivity (Wildman–Crippen MR) is 93.2 cm³/mol. The van der Waals surface area contributed by atoms with Gasteiger partial charge < -0.3 is 9.64 Å². The second-order valence-corrected chi connectivity index (χ2v) is 7.62. The van der Waals surface area contributed by atoms with Crippen molar-refractivity contribution >= 4 is 17.2 Å². The van der Waals surface area contributed by atoms with E-state index < -0.39 is 0 Å². The lowest BCUT2D eigenvalue weighted by molar-refractivity contribution is 0.0508. The molecule has 0 bridgehead atoms. The van der Waals surface area contributed by atoms with Crippen molar-refractivity contribution in [1.82, 2.24) is 14.7 Å². The van der Waals surface area contributed by atoms with Gasteiger partial charge in [-0.3, -0.25) is 9.48 Å². The molecule has 4 rings (SSSR count). The number of aromatic nitrogens is 2. The molecule has 2 aromatic heterocycles. The fraction of sp³-hybridized carbons (Fsp3) is 0.556. The van der Waals surface area contributed by atoms with Gasteiger partial charge in [-0.1, -0.05) is 6.07 Å². The molecule has 0 radical (unpaired) electrons. The van der Waals surface area contributed by atoms with E-state index in [1.165, 1.54) is 4.88 Å². The Bertz CT molecular complexity index is 689. The number of ether oxygens (including phenoxy) is 1. The third-order valence-electron chi connectivity index (χ3n) is 4.87. The van der Waals surface area contributed by atoms with Gasteiger partial charge in [-0.2, -0.15) is 5.10 Å². The summed E-state index contributed by atoms with van der Waals surface area (Å²) in [4.78, 5) is 16.4. The van der Waals surface area contributed by atoms with Gasteiger partial charge in [0.2, 0.25) is 0 Å². The van der Waals surface area contributed by atoms with Gasteiger partial charge in [0.1, 0.15) is 0 Å². The van der Waals surface area contributed by atoms with Gasteiger partial charge in [-0.15, -0.1) is 11.3 Å². The van der Waals surface area contributed by atoms with E-state index >= 15 is 0 Å². The standard InChI is InChI=1S/C18H23N3O2S/c22-18(16-11-19-21-8-2-1-7-17(16)21)20(12-14-5-3-9-23-14)13-15-6-4-10-24-15/h4,6,10-11,14H,1-3,5,7-9,12-13H2. The predicted octanol–water partition coefficient (Wildman–Crippen LogP) is 3.10. The minimum atomic E-state index is 0.0991. The second kappa shape index (κ2) is 7.07. The summed E-state index contributed by atoms with van der Waals surface area (Å²) in [7, 11) is 0. The van der Waals surface area contributed by atoms with E-state index in [4.69, 9.17) is 4.74 Å². The number of thiophene rings is 1. The number of hydrogen-bond donors (Lipinski definition) is 0. The number of fused-ring (bicyclic) bond motifs is 1. The van der Waals surface area contributed by atoms with E-state index in [9.17, 15) is 4.79 Å². The topological polar surface area (TPSA) is 47.4 Å². The Morgan fingerprint density at radius 1 is 1.42 bits per heavy atom. The molecular weight excluding hydrogens is 322 g/mol. The number of hydrogen-bond acceptors (Lipinski definition) is 4. The van der Waals surface area contributed by atoms with Crippen LogP contribution in [0.1, 0.15) is 46.6 Å². The van der Waals surface area contributed by atoms with E-state index in [-0.39, 0.29) is 12.0 Å². The molecule has 2 aromatic rings. The zero-order valence-corrected chi connectivity index (χ0v) is 14.6. The summed E-state index contributed by atoms with van der Waals surface area (Å²) >= 11 is 1.70. The highest BCUT2D eigenvalue weighted by atomic mass is 32.1. The Hall–Kier alpha value is -1.66. The van der Waals surface area contributed by atoms with E-state index in [1.54, 1.807) is 17.5 Å². The van der Waals surface area contributed by atoms with Gasteiger partial charge in [-0.05, 0) is 43.6 Å². The third kappa shape index (κ3) is 3.26. The minimum Gasteiger partial charge on any atom is -0.376 e. The molecule has 1 saturated heterocycles. The largest absolute Gasteiger partial charge is 0.376 e. The first kappa shape index (κ1) is 15.8. The third-order valence-corrected chi connectivity index (χ3v) is 5.74. The average Bonchev–Trinajstić information content (AvgIpc) is 3.35. The zero-order chi connectivity index (χ0) is 16.4. The molecule has 1 fully saturated rings. The number of aryl methyl sites for hydroxylation is 1. The van der Waals surface area contributed by atoms with E-state index in [2.05, 4.69) is 16.5 Å². The van der Waals surface area contributed by atoms with Crippen LogP contribution < -0.4 is 0 Å². The van der Waals surface area contributed by atoms with Gasteiger partial charge in [0.05, 0.1) is 30.1 Å². The van der Waals surface area contributed by atoms with Crippen LogP contribution in [-0.4, -0.2) is 39.8 Å². The van der Waals surface area contributed by atoms with Crippen molar-refractivity contribution < 1.29 is 9.53 Å². The molecule has 6 heteroatoms. The van der Waals surface area contributed by atoms with Crippen LogP contribution in [0.5, 0.6) is 0 Å². The summed E-state index contributed by atoms with van der Waals surface area (Å²) in [6, 6.07) is 4.13. The van der Waals surface area contributed by atoms with Crippen LogP contribution in [0.2, 0.25) is 0 Å². The molecule has 0 spiro atoms. The van der Waals surface area contributed by atoms with Crippen molar-refractivity contribution in [2.75, 3.05) is 13.2 Å². The van der Waals surface area contributed by atoms with E-state index in [1.807, 2.05) is 15.6 Å². The Morgan fingerprint density at radius 2 is 2.38 bits per heavy atom. The van der Waals surface area contributed by atoms with Crippen molar-refractivity contribution in [3.05, 3.63) is 39.8 Å². The Balaban J connectivity index is 1.56. The van der Waals surface area contributed by atoms with Gasteiger partial charge >= 0.3 is 0 Å². The van der Waals surface area contributed by atoms with Gasteiger partial charge in [0, 0.05) is 24.6 Å². The molecule has 2 aliphatic heterocycles. The number of nitrogens with zero attached hydrogens (tertiary/aromatic N) is 3. The number of carbonyl (C=O) groups is 1. The van der Waals surface area contributed by atoms with Crippen molar-refractivity contribution in [3.63, 3.8) is 0 Å². The fourth-order valence-electron chi connectivity index (χ4n) is 3.61. The van der Waals surface area contributed by atoms with Crippen molar-refractivity contribution in [2.24, 2.45) is 0 Å². The maximum Gasteiger partial charge on any atom is 0.257 e. The minimum absolute atomic E-state index is 0.0991. The van der Waals surface area contributed by atoms with Crippen molar-refractivity contribution in [1.29, 1.82) is 0 Å². The number of amides is 1.